The van der Waals surface area contributed by atoms with E-state index in [0.717, 1.165) is 5.56 Å². The molecule has 1 atom stereocenters. The monoisotopic (exact) mass is 385 g/mol. The van der Waals surface area contributed by atoms with Crippen molar-refractivity contribution in [1.29, 1.82) is 0 Å². The second kappa shape index (κ2) is 7.99. The molecule has 1 aromatic carbocycles. The molecule has 2 rings (SSSR count). The summed E-state index contributed by atoms with van der Waals surface area (Å²) >= 11 is 5.93. The molecule has 9 heteroatoms. The number of hydrogen-bond acceptors (Lipinski definition) is 5. The average Bonchev–Trinajstić information content (AvgIpc) is 2.86. The van der Waals surface area contributed by atoms with Crippen molar-refractivity contribution in [3.8, 4) is 0 Å². The number of halogens is 1. The Morgan fingerprint density at radius 1 is 1.36 bits per heavy atom. The summed E-state index contributed by atoms with van der Waals surface area (Å²) in [6.07, 6.45) is 0.00745. The van der Waals surface area contributed by atoms with Crippen LogP contribution in [0.15, 0.2) is 33.7 Å². The Labute approximate surface area is 151 Å². The van der Waals surface area contributed by atoms with Crippen LogP contribution in [0.3, 0.4) is 0 Å². The van der Waals surface area contributed by atoms with E-state index in [2.05, 4.69) is 15.2 Å². The minimum atomic E-state index is -3.76. The number of aryl methyl sites for hydroxylation is 2. The van der Waals surface area contributed by atoms with Crippen LogP contribution in [0, 0.1) is 13.8 Å². The van der Waals surface area contributed by atoms with E-state index in [1.807, 2.05) is 13.0 Å². The van der Waals surface area contributed by atoms with Gasteiger partial charge in [0.15, 0.2) is 5.76 Å². The van der Waals surface area contributed by atoms with Gasteiger partial charge in [0.25, 0.3) is 0 Å². The molecule has 0 aliphatic heterocycles. The predicted molar refractivity (Wildman–Crippen MR) is 93.8 cm³/mol. The Kier molecular flexibility index (Phi) is 6.21. The van der Waals surface area contributed by atoms with Crippen LogP contribution in [-0.4, -0.2) is 26.0 Å². The second-order valence-corrected chi connectivity index (χ2v) is 7.79. The third-order valence-electron chi connectivity index (χ3n) is 3.61. The molecule has 0 bridgehead atoms. The van der Waals surface area contributed by atoms with Crippen LogP contribution in [-0.2, 0) is 14.8 Å². The Hall–Kier alpha value is -1.90. The number of amides is 1. The Balaban J connectivity index is 1.88. The fraction of sp³-hybridized carbons (Fsp3) is 0.375. The lowest BCUT2D eigenvalue weighted by molar-refractivity contribution is -0.121. The summed E-state index contributed by atoms with van der Waals surface area (Å²) in [5.74, 6) is -0.0574. The third-order valence-corrected chi connectivity index (χ3v) is 5.55. The molecule has 0 radical (unpaired) electrons. The molecular weight excluding hydrogens is 366 g/mol. The van der Waals surface area contributed by atoms with Crippen molar-refractivity contribution >= 4 is 27.5 Å². The van der Waals surface area contributed by atoms with E-state index in [1.54, 1.807) is 25.1 Å². The van der Waals surface area contributed by atoms with Gasteiger partial charge < -0.3 is 9.84 Å². The number of aromatic nitrogens is 1. The number of sulfonamides is 1. The maximum absolute atomic E-state index is 12.2. The highest BCUT2D eigenvalue weighted by molar-refractivity contribution is 7.89. The zero-order valence-electron chi connectivity index (χ0n) is 14.2. The van der Waals surface area contributed by atoms with E-state index in [9.17, 15) is 13.2 Å². The van der Waals surface area contributed by atoms with Crippen molar-refractivity contribution in [2.24, 2.45) is 0 Å². The normalized spacial score (nSPS) is 12.8. The summed E-state index contributed by atoms with van der Waals surface area (Å²) in [6, 6.07) is 6.95. The van der Waals surface area contributed by atoms with Crippen LogP contribution in [0.1, 0.15) is 36.4 Å². The van der Waals surface area contributed by atoms with E-state index in [1.165, 1.54) is 6.92 Å². The SMILES string of the molecule is Cc1noc(C)c1S(=O)(=O)NCCC(=O)N[C@@H](C)c1cccc(Cl)c1. The third kappa shape index (κ3) is 5.04. The van der Waals surface area contributed by atoms with Crippen molar-refractivity contribution < 1.29 is 17.7 Å². The summed E-state index contributed by atoms with van der Waals surface area (Å²) in [5, 5.41) is 7.01. The molecule has 2 aromatic rings. The molecule has 136 valence electrons. The minimum absolute atomic E-state index is 0.00745. The van der Waals surface area contributed by atoms with Crippen molar-refractivity contribution in [2.75, 3.05) is 6.54 Å². The molecule has 7 nitrogen and oxygen atoms in total. The van der Waals surface area contributed by atoms with Crippen LogP contribution in [0.25, 0.3) is 0 Å². The summed E-state index contributed by atoms with van der Waals surface area (Å²) < 4.78 is 31.7. The number of nitrogens with one attached hydrogen (secondary N) is 2. The lowest BCUT2D eigenvalue weighted by Gasteiger charge is -2.14. The molecule has 0 aliphatic rings. The number of benzene rings is 1. The standard InChI is InChI=1S/C16H20ClN3O4S/c1-10(13-5-4-6-14(17)9-13)19-15(21)7-8-18-25(22,23)16-11(2)20-24-12(16)3/h4-6,9-10,18H,7-8H2,1-3H3,(H,19,21)/t10-/m0/s1. The first-order chi connectivity index (χ1) is 11.7. The first-order valence-electron chi connectivity index (χ1n) is 7.68. The van der Waals surface area contributed by atoms with E-state index < -0.39 is 10.0 Å². The van der Waals surface area contributed by atoms with Crippen molar-refractivity contribution in [2.45, 2.75) is 38.1 Å². The number of hydrogen-bond donors (Lipinski definition) is 2. The molecule has 0 saturated carbocycles. The summed E-state index contributed by atoms with van der Waals surface area (Å²) in [4.78, 5) is 12.0. The maximum atomic E-state index is 12.2. The van der Waals surface area contributed by atoms with Gasteiger partial charge in [-0.05, 0) is 38.5 Å². The Bertz CT molecular complexity index is 845. The first kappa shape index (κ1) is 19.4. The Morgan fingerprint density at radius 3 is 2.68 bits per heavy atom. The lowest BCUT2D eigenvalue weighted by Crippen LogP contribution is -2.32. The van der Waals surface area contributed by atoms with Gasteiger partial charge in [0.05, 0.1) is 6.04 Å². The molecule has 1 heterocycles. The summed E-state index contributed by atoms with van der Waals surface area (Å²) in [6.45, 7) is 4.87. The molecule has 0 unspecified atom stereocenters. The highest BCUT2D eigenvalue weighted by atomic mass is 35.5. The largest absolute Gasteiger partial charge is 0.360 e. The van der Waals surface area contributed by atoms with E-state index in [4.69, 9.17) is 16.1 Å². The zero-order chi connectivity index (χ0) is 18.6. The maximum Gasteiger partial charge on any atom is 0.245 e. The highest BCUT2D eigenvalue weighted by Gasteiger charge is 2.24. The van der Waals surface area contributed by atoms with E-state index >= 15 is 0 Å². The van der Waals surface area contributed by atoms with Gasteiger partial charge in [0.1, 0.15) is 10.6 Å². The van der Waals surface area contributed by atoms with Gasteiger partial charge >= 0.3 is 0 Å². The molecule has 0 aliphatic carbocycles. The number of nitrogens with zero attached hydrogens (tertiary/aromatic N) is 1. The first-order valence-corrected chi connectivity index (χ1v) is 9.54. The van der Waals surface area contributed by atoms with Crippen LogP contribution >= 0.6 is 11.6 Å². The summed E-state index contributed by atoms with van der Waals surface area (Å²) in [7, 11) is -3.76. The van der Waals surface area contributed by atoms with Crippen LogP contribution in [0.2, 0.25) is 5.02 Å². The fourth-order valence-electron chi connectivity index (χ4n) is 2.40. The van der Waals surface area contributed by atoms with Crippen LogP contribution in [0.4, 0.5) is 0 Å². The van der Waals surface area contributed by atoms with Gasteiger partial charge in [-0.1, -0.05) is 28.9 Å². The zero-order valence-corrected chi connectivity index (χ0v) is 15.7. The van der Waals surface area contributed by atoms with Crippen LogP contribution < -0.4 is 10.0 Å². The number of carbonyl (C=O) groups is 1. The van der Waals surface area contributed by atoms with Crippen molar-refractivity contribution in [1.82, 2.24) is 15.2 Å². The number of rotatable bonds is 7. The molecule has 2 N–H and O–H groups in total. The summed E-state index contributed by atoms with van der Waals surface area (Å²) in [5.41, 5.74) is 1.15. The van der Waals surface area contributed by atoms with E-state index in [-0.39, 0.29) is 41.3 Å². The topological polar surface area (TPSA) is 101 Å². The van der Waals surface area contributed by atoms with Gasteiger partial charge in [0, 0.05) is 18.0 Å². The highest BCUT2D eigenvalue weighted by Crippen LogP contribution is 2.19. The van der Waals surface area contributed by atoms with Gasteiger partial charge in [-0.25, -0.2) is 13.1 Å². The molecule has 0 saturated heterocycles. The quantitative estimate of drug-likeness (QED) is 0.762. The second-order valence-electron chi connectivity index (χ2n) is 5.65. The smallest absolute Gasteiger partial charge is 0.245 e. The minimum Gasteiger partial charge on any atom is -0.360 e. The molecule has 1 aromatic heterocycles. The number of carbonyl (C=O) groups excluding carboxylic acids is 1. The molecule has 1 amide bonds. The van der Waals surface area contributed by atoms with Gasteiger partial charge in [-0.3, -0.25) is 4.79 Å². The van der Waals surface area contributed by atoms with Gasteiger partial charge in [0.2, 0.25) is 15.9 Å². The van der Waals surface area contributed by atoms with Crippen molar-refractivity contribution in [3.05, 3.63) is 46.3 Å². The average molecular weight is 386 g/mol. The molecule has 0 spiro atoms. The fourth-order valence-corrected chi connectivity index (χ4v) is 3.96. The Morgan fingerprint density at radius 2 is 2.08 bits per heavy atom. The molecule has 0 fully saturated rings. The van der Waals surface area contributed by atoms with Gasteiger partial charge in [-0.15, -0.1) is 0 Å². The van der Waals surface area contributed by atoms with Crippen LogP contribution in [0.5, 0.6) is 0 Å². The van der Waals surface area contributed by atoms with Gasteiger partial charge in [-0.2, -0.15) is 0 Å². The van der Waals surface area contributed by atoms with E-state index in [0.29, 0.717) is 5.02 Å². The predicted octanol–water partition coefficient (Wildman–Crippen LogP) is 2.49. The molecule has 25 heavy (non-hydrogen) atoms. The lowest BCUT2D eigenvalue weighted by atomic mass is 10.1. The van der Waals surface area contributed by atoms with Crippen molar-refractivity contribution in [3.63, 3.8) is 0 Å². The molecular formula is C16H20ClN3O4S.